The van der Waals surface area contributed by atoms with Crippen LogP contribution in [0.4, 0.5) is 10.5 Å². The molecule has 1 fully saturated rings. The number of nitriles is 1. The van der Waals surface area contributed by atoms with Gasteiger partial charge in [0, 0.05) is 31.9 Å². The van der Waals surface area contributed by atoms with E-state index in [-0.39, 0.29) is 12.1 Å². The average molecular weight is 258 g/mol. The molecule has 2 amide bonds. The van der Waals surface area contributed by atoms with Crippen molar-refractivity contribution in [1.29, 1.82) is 5.26 Å². The van der Waals surface area contributed by atoms with Crippen LogP contribution >= 0.6 is 0 Å². The molecule has 0 spiro atoms. The van der Waals surface area contributed by atoms with Crippen LogP contribution in [-0.4, -0.2) is 48.1 Å². The summed E-state index contributed by atoms with van der Waals surface area (Å²) in [6.45, 7) is 4.70. The second-order valence-corrected chi connectivity index (χ2v) is 4.62. The molecular formula is C14H18N4O. The van der Waals surface area contributed by atoms with Gasteiger partial charge in [-0.05, 0) is 19.1 Å². The molecule has 0 aliphatic carbocycles. The van der Waals surface area contributed by atoms with Gasteiger partial charge in [-0.1, -0.05) is 18.2 Å². The van der Waals surface area contributed by atoms with E-state index < -0.39 is 0 Å². The lowest BCUT2D eigenvalue weighted by Gasteiger charge is -2.35. The highest BCUT2D eigenvalue weighted by Gasteiger charge is 2.23. The van der Waals surface area contributed by atoms with E-state index in [1.165, 1.54) is 0 Å². The number of hydrogen-bond acceptors (Lipinski definition) is 3. The number of carbonyl (C=O) groups excluding carboxylic acids is 1. The number of hydrogen-bond donors (Lipinski definition) is 1. The Morgan fingerprint density at radius 2 is 1.89 bits per heavy atom. The highest BCUT2D eigenvalue weighted by atomic mass is 16.2. The van der Waals surface area contributed by atoms with E-state index in [0.29, 0.717) is 13.1 Å². The molecule has 0 radical (unpaired) electrons. The maximum atomic E-state index is 12.0. The van der Waals surface area contributed by atoms with Crippen molar-refractivity contribution in [2.45, 2.75) is 13.0 Å². The molecule has 1 aromatic rings. The Hall–Kier alpha value is -2.06. The third-order valence-corrected chi connectivity index (χ3v) is 3.36. The summed E-state index contributed by atoms with van der Waals surface area (Å²) in [6.07, 6.45) is 0. The molecule has 1 N–H and O–H groups in total. The molecule has 1 aliphatic heterocycles. The second kappa shape index (κ2) is 6.21. The van der Waals surface area contributed by atoms with Crippen LogP contribution in [0.3, 0.4) is 0 Å². The zero-order valence-electron chi connectivity index (χ0n) is 11.0. The smallest absolute Gasteiger partial charge is 0.321 e. The van der Waals surface area contributed by atoms with Crippen LogP contribution in [0.15, 0.2) is 30.3 Å². The molecule has 0 bridgehead atoms. The Kier molecular flexibility index (Phi) is 4.37. The number of nitrogens with one attached hydrogen (secondary N) is 1. The van der Waals surface area contributed by atoms with Crippen LogP contribution in [-0.2, 0) is 0 Å². The Balaban J connectivity index is 1.85. The maximum Gasteiger partial charge on any atom is 0.321 e. The van der Waals surface area contributed by atoms with Crippen LogP contribution in [0.25, 0.3) is 0 Å². The van der Waals surface area contributed by atoms with E-state index in [0.717, 1.165) is 18.8 Å². The quantitative estimate of drug-likeness (QED) is 0.879. The minimum atomic E-state index is -0.0839. The number of amides is 2. The Morgan fingerprint density at radius 1 is 1.26 bits per heavy atom. The summed E-state index contributed by atoms with van der Waals surface area (Å²) in [6, 6.07) is 11.5. The first-order valence-corrected chi connectivity index (χ1v) is 6.45. The molecule has 1 aromatic carbocycles. The predicted octanol–water partition coefficient (Wildman–Crippen LogP) is 1.75. The zero-order chi connectivity index (χ0) is 13.7. The molecular weight excluding hydrogens is 240 g/mol. The fraction of sp³-hybridized carbons (Fsp3) is 0.429. The van der Waals surface area contributed by atoms with Crippen molar-refractivity contribution in [3.63, 3.8) is 0 Å². The third-order valence-electron chi connectivity index (χ3n) is 3.36. The van der Waals surface area contributed by atoms with Gasteiger partial charge in [0.15, 0.2) is 0 Å². The number of urea groups is 1. The first kappa shape index (κ1) is 13.4. The summed E-state index contributed by atoms with van der Waals surface area (Å²) >= 11 is 0. The van der Waals surface area contributed by atoms with Crippen molar-refractivity contribution < 1.29 is 4.79 Å². The molecule has 2 rings (SSSR count). The molecule has 1 unspecified atom stereocenters. The largest absolute Gasteiger partial charge is 0.322 e. The van der Waals surface area contributed by atoms with Crippen molar-refractivity contribution >= 4 is 11.7 Å². The van der Waals surface area contributed by atoms with Gasteiger partial charge in [-0.3, -0.25) is 4.90 Å². The lowest BCUT2D eigenvalue weighted by Crippen LogP contribution is -2.52. The summed E-state index contributed by atoms with van der Waals surface area (Å²) in [5.74, 6) is 0. The predicted molar refractivity (Wildman–Crippen MR) is 73.7 cm³/mol. The molecule has 1 atom stereocenters. The number of piperazine rings is 1. The summed E-state index contributed by atoms with van der Waals surface area (Å²) in [7, 11) is 0. The summed E-state index contributed by atoms with van der Waals surface area (Å²) in [4.78, 5) is 15.9. The molecule has 5 heteroatoms. The number of rotatable bonds is 2. The lowest BCUT2D eigenvalue weighted by molar-refractivity contribution is 0.135. The van der Waals surface area contributed by atoms with Gasteiger partial charge < -0.3 is 10.2 Å². The van der Waals surface area contributed by atoms with Crippen LogP contribution in [0.2, 0.25) is 0 Å². The molecule has 0 aromatic heterocycles. The van der Waals surface area contributed by atoms with Crippen LogP contribution in [0.5, 0.6) is 0 Å². The standard InChI is InChI=1S/C14H18N4O/c1-12(11-15)17-7-9-18(10-8-17)14(19)16-13-5-3-2-4-6-13/h2-6,12H,7-10H2,1H3,(H,16,19). The second-order valence-electron chi connectivity index (χ2n) is 4.62. The number of para-hydroxylation sites is 1. The van der Waals surface area contributed by atoms with Crippen LogP contribution < -0.4 is 5.32 Å². The zero-order valence-corrected chi connectivity index (χ0v) is 11.0. The molecule has 19 heavy (non-hydrogen) atoms. The topological polar surface area (TPSA) is 59.4 Å². The van der Waals surface area contributed by atoms with Gasteiger partial charge >= 0.3 is 6.03 Å². The lowest BCUT2D eigenvalue weighted by atomic mass is 10.2. The Bertz CT molecular complexity index is 460. The van der Waals surface area contributed by atoms with E-state index in [9.17, 15) is 4.79 Å². The van der Waals surface area contributed by atoms with Crippen LogP contribution in [0.1, 0.15) is 6.92 Å². The van der Waals surface area contributed by atoms with Gasteiger partial charge in [-0.2, -0.15) is 5.26 Å². The van der Waals surface area contributed by atoms with Gasteiger partial charge in [0.05, 0.1) is 12.1 Å². The summed E-state index contributed by atoms with van der Waals surface area (Å²) in [5.41, 5.74) is 0.806. The van der Waals surface area contributed by atoms with E-state index in [1.807, 2.05) is 37.3 Å². The van der Waals surface area contributed by atoms with E-state index >= 15 is 0 Å². The van der Waals surface area contributed by atoms with Gasteiger partial charge in [-0.15, -0.1) is 0 Å². The van der Waals surface area contributed by atoms with Crippen molar-refractivity contribution in [2.24, 2.45) is 0 Å². The normalized spacial score (nSPS) is 17.6. The average Bonchev–Trinajstić information content (AvgIpc) is 2.47. The third kappa shape index (κ3) is 3.46. The van der Waals surface area contributed by atoms with E-state index in [2.05, 4.69) is 16.3 Å². The first-order valence-electron chi connectivity index (χ1n) is 6.45. The molecule has 100 valence electrons. The SMILES string of the molecule is CC(C#N)N1CCN(C(=O)Nc2ccccc2)CC1. The van der Waals surface area contributed by atoms with E-state index in [1.54, 1.807) is 4.90 Å². The van der Waals surface area contributed by atoms with Crippen molar-refractivity contribution in [3.05, 3.63) is 30.3 Å². The van der Waals surface area contributed by atoms with Crippen molar-refractivity contribution in [3.8, 4) is 6.07 Å². The highest BCUT2D eigenvalue weighted by Crippen LogP contribution is 2.10. The molecule has 0 saturated carbocycles. The van der Waals surface area contributed by atoms with E-state index in [4.69, 9.17) is 5.26 Å². The number of nitrogens with zero attached hydrogens (tertiary/aromatic N) is 3. The molecule has 1 aliphatic rings. The monoisotopic (exact) mass is 258 g/mol. The fourth-order valence-corrected chi connectivity index (χ4v) is 2.12. The van der Waals surface area contributed by atoms with Gasteiger partial charge in [0.25, 0.3) is 0 Å². The van der Waals surface area contributed by atoms with Gasteiger partial charge in [0.2, 0.25) is 0 Å². The fourth-order valence-electron chi connectivity index (χ4n) is 2.12. The number of benzene rings is 1. The maximum absolute atomic E-state index is 12.0. The number of anilines is 1. The van der Waals surface area contributed by atoms with Gasteiger partial charge in [0.1, 0.15) is 0 Å². The molecule has 1 saturated heterocycles. The van der Waals surface area contributed by atoms with Crippen molar-refractivity contribution in [1.82, 2.24) is 9.80 Å². The highest BCUT2D eigenvalue weighted by molar-refractivity contribution is 5.89. The minimum Gasteiger partial charge on any atom is -0.322 e. The van der Waals surface area contributed by atoms with Crippen LogP contribution in [0, 0.1) is 11.3 Å². The molecule has 5 nitrogen and oxygen atoms in total. The number of carbonyl (C=O) groups is 1. The first-order chi connectivity index (χ1) is 9.20. The molecule has 1 heterocycles. The van der Waals surface area contributed by atoms with Gasteiger partial charge in [-0.25, -0.2) is 4.79 Å². The minimum absolute atomic E-state index is 0.0736. The summed E-state index contributed by atoms with van der Waals surface area (Å²) in [5, 5.41) is 11.7. The Morgan fingerprint density at radius 3 is 2.47 bits per heavy atom. The summed E-state index contributed by atoms with van der Waals surface area (Å²) < 4.78 is 0. The Labute approximate surface area is 113 Å². The van der Waals surface area contributed by atoms with Crippen molar-refractivity contribution in [2.75, 3.05) is 31.5 Å².